The number of anilines is 1. The maximum atomic E-state index is 12.1. The van der Waals surface area contributed by atoms with Crippen molar-refractivity contribution >= 4 is 40.7 Å². The highest BCUT2D eigenvalue weighted by molar-refractivity contribution is 6.40. The average molecular weight is 423 g/mol. The minimum Gasteiger partial charge on any atom is -0.497 e. The van der Waals surface area contributed by atoms with Crippen molar-refractivity contribution in [3.63, 3.8) is 0 Å². The molecule has 2 aromatic carbocycles. The predicted molar refractivity (Wildman–Crippen MR) is 102 cm³/mol. The van der Waals surface area contributed by atoms with E-state index in [0.717, 1.165) is 12.1 Å². The third kappa shape index (κ3) is 5.32. The third-order valence-electron chi connectivity index (χ3n) is 3.56. The van der Waals surface area contributed by atoms with E-state index in [-0.39, 0.29) is 27.7 Å². The van der Waals surface area contributed by atoms with Crippen LogP contribution in [0.25, 0.3) is 0 Å². The number of methoxy groups -OCH3 is 2. The molecule has 3 N–H and O–H groups in total. The highest BCUT2D eigenvalue weighted by Gasteiger charge is 2.20. The van der Waals surface area contributed by atoms with Crippen LogP contribution >= 0.6 is 11.6 Å². The first-order chi connectivity index (χ1) is 13.8. The lowest BCUT2D eigenvalue weighted by molar-refractivity contribution is -0.384. The molecule has 11 nitrogen and oxygen atoms in total. The minimum absolute atomic E-state index is 0.0743. The molecule has 2 rings (SSSR count). The van der Waals surface area contributed by atoms with Gasteiger partial charge in [0.1, 0.15) is 11.5 Å². The number of hydrazine groups is 1. The van der Waals surface area contributed by atoms with Crippen molar-refractivity contribution in [3.05, 3.63) is 57.1 Å². The van der Waals surface area contributed by atoms with Gasteiger partial charge in [0.2, 0.25) is 0 Å². The number of nitro groups is 1. The van der Waals surface area contributed by atoms with Crippen LogP contribution in [0.3, 0.4) is 0 Å². The summed E-state index contributed by atoms with van der Waals surface area (Å²) in [6, 6.07) is 7.73. The van der Waals surface area contributed by atoms with E-state index in [1.54, 1.807) is 6.07 Å². The molecule has 0 saturated carbocycles. The van der Waals surface area contributed by atoms with Gasteiger partial charge in [-0.25, -0.2) is 0 Å². The van der Waals surface area contributed by atoms with Gasteiger partial charge in [0.05, 0.1) is 35.4 Å². The quantitative estimate of drug-likeness (QED) is 0.377. The van der Waals surface area contributed by atoms with Crippen molar-refractivity contribution < 1.29 is 28.8 Å². The Hall–Kier alpha value is -3.86. The topological polar surface area (TPSA) is 149 Å². The SMILES string of the molecule is COc1ccc(NC(=O)C(=O)NNC(=O)c2cc([N+](=O)[O-])ccc2Cl)c(OC)c1. The van der Waals surface area contributed by atoms with Gasteiger partial charge in [0.25, 0.3) is 11.6 Å². The summed E-state index contributed by atoms with van der Waals surface area (Å²) in [5, 5.41) is 13.0. The van der Waals surface area contributed by atoms with Gasteiger partial charge in [-0.15, -0.1) is 0 Å². The van der Waals surface area contributed by atoms with E-state index in [1.807, 2.05) is 10.9 Å². The molecule has 0 aromatic heterocycles. The number of carbonyl (C=O) groups is 3. The number of non-ortho nitro benzene ring substituents is 1. The predicted octanol–water partition coefficient (Wildman–Crippen LogP) is 1.67. The van der Waals surface area contributed by atoms with E-state index in [2.05, 4.69) is 5.32 Å². The van der Waals surface area contributed by atoms with Gasteiger partial charge in [-0.05, 0) is 18.2 Å². The van der Waals surface area contributed by atoms with Crippen molar-refractivity contribution in [2.75, 3.05) is 19.5 Å². The van der Waals surface area contributed by atoms with E-state index in [0.29, 0.717) is 5.75 Å². The summed E-state index contributed by atoms with van der Waals surface area (Å²) in [5.74, 6) is -2.51. The van der Waals surface area contributed by atoms with Crippen LogP contribution in [0.1, 0.15) is 10.4 Å². The lowest BCUT2D eigenvalue weighted by Crippen LogP contribution is -2.46. The van der Waals surface area contributed by atoms with Gasteiger partial charge in [0.15, 0.2) is 0 Å². The number of nitrogens with one attached hydrogen (secondary N) is 3. The maximum Gasteiger partial charge on any atom is 0.328 e. The number of carbonyl (C=O) groups excluding carboxylic acids is 3. The molecule has 0 aliphatic carbocycles. The molecule has 2 aromatic rings. The van der Waals surface area contributed by atoms with Crippen molar-refractivity contribution in [3.8, 4) is 11.5 Å². The fourth-order valence-corrected chi connectivity index (χ4v) is 2.32. The zero-order valence-electron chi connectivity index (χ0n) is 15.1. The normalized spacial score (nSPS) is 9.90. The molecule has 0 heterocycles. The van der Waals surface area contributed by atoms with E-state index in [1.165, 1.54) is 32.4 Å². The van der Waals surface area contributed by atoms with Crippen LogP contribution in [0.4, 0.5) is 11.4 Å². The van der Waals surface area contributed by atoms with Gasteiger partial charge >= 0.3 is 11.8 Å². The van der Waals surface area contributed by atoms with Crippen molar-refractivity contribution in [2.45, 2.75) is 0 Å². The summed E-state index contributed by atoms with van der Waals surface area (Å²) in [7, 11) is 2.82. The largest absolute Gasteiger partial charge is 0.497 e. The number of amides is 3. The molecule has 0 atom stereocenters. The number of ether oxygens (including phenoxy) is 2. The summed E-state index contributed by atoms with van der Waals surface area (Å²) >= 11 is 5.84. The standard InChI is InChI=1S/C17H15ClN4O7/c1-28-10-4-6-13(14(8-10)29-2)19-16(24)17(25)21-20-15(23)11-7-9(22(26)27)3-5-12(11)18/h3-8H,1-2H3,(H,19,24)(H,20,23)(H,21,25). The summed E-state index contributed by atoms with van der Waals surface area (Å²) in [6.07, 6.45) is 0. The van der Waals surface area contributed by atoms with Crippen LogP contribution in [-0.4, -0.2) is 36.9 Å². The van der Waals surface area contributed by atoms with Crippen LogP contribution in [0.5, 0.6) is 11.5 Å². The molecule has 12 heteroatoms. The fourth-order valence-electron chi connectivity index (χ4n) is 2.12. The molecule has 0 saturated heterocycles. The zero-order chi connectivity index (χ0) is 21.6. The van der Waals surface area contributed by atoms with Crippen molar-refractivity contribution in [2.24, 2.45) is 0 Å². The van der Waals surface area contributed by atoms with E-state index in [4.69, 9.17) is 21.1 Å². The summed E-state index contributed by atoms with van der Waals surface area (Å²) in [4.78, 5) is 46.1. The first-order valence-electron chi connectivity index (χ1n) is 7.84. The third-order valence-corrected chi connectivity index (χ3v) is 3.89. The van der Waals surface area contributed by atoms with Gasteiger partial charge in [0, 0.05) is 18.2 Å². The van der Waals surface area contributed by atoms with Crippen LogP contribution < -0.4 is 25.6 Å². The molecule has 0 unspecified atom stereocenters. The fraction of sp³-hybridized carbons (Fsp3) is 0.118. The molecule has 0 radical (unpaired) electrons. The number of benzene rings is 2. The minimum atomic E-state index is -1.20. The maximum absolute atomic E-state index is 12.1. The Morgan fingerprint density at radius 2 is 1.72 bits per heavy atom. The van der Waals surface area contributed by atoms with Crippen LogP contribution in [0.2, 0.25) is 5.02 Å². The average Bonchev–Trinajstić information content (AvgIpc) is 2.71. The molecular weight excluding hydrogens is 408 g/mol. The lowest BCUT2D eigenvalue weighted by atomic mass is 10.2. The molecule has 152 valence electrons. The first kappa shape index (κ1) is 21.4. The second-order valence-corrected chi connectivity index (χ2v) is 5.76. The smallest absolute Gasteiger partial charge is 0.328 e. The van der Waals surface area contributed by atoms with Gasteiger partial charge in [-0.3, -0.25) is 35.3 Å². The second-order valence-electron chi connectivity index (χ2n) is 5.35. The Morgan fingerprint density at radius 3 is 2.34 bits per heavy atom. The number of hydrogen-bond donors (Lipinski definition) is 3. The van der Waals surface area contributed by atoms with Crippen LogP contribution in [-0.2, 0) is 9.59 Å². The van der Waals surface area contributed by atoms with E-state index in [9.17, 15) is 24.5 Å². The van der Waals surface area contributed by atoms with Gasteiger partial charge < -0.3 is 14.8 Å². The highest BCUT2D eigenvalue weighted by Crippen LogP contribution is 2.28. The second kappa shape index (κ2) is 9.37. The van der Waals surface area contributed by atoms with E-state index >= 15 is 0 Å². The molecule has 0 bridgehead atoms. The summed E-state index contributed by atoms with van der Waals surface area (Å²) in [5.41, 5.74) is 3.43. The monoisotopic (exact) mass is 422 g/mol. The summed E-state index contributed by atoms with van der Waals surface area (Å²) < 4.78 is 10.1. The van der Waals surface area contributed by atoms with Crippen molar-refractivity contribution in [1.29, 1.82) is 0 Å². The number of rotatable bonds is 5. The Bertz CT molecular complexity index is 980. The number of nitrogens with zero attached hydrogens (tertiary/aromatic N) is 1. The Balaban J connectivity index is 2.02. The molecule has 3 amide bonds. The van der Waals surface area contributed by atoms with Gasteiger partial charge in [-0.1, -0.05) is 11.6 Å². The molecular formula is C17H15ClN4O7. The van der Waals surface area contributed by atoms with Crippen LogP contribution in [0.15, 0.2) is 36.4 Å². The molecule has 0 aliphatic rings. The van der Waals surface area contributed by atoms with E-state index < -0.39 is 22.6 Å². The number of halogens is 1. The van der Waals surface area contributed by atoms with Gasteiger partial charge in [-0.2, -0.15) is 0 Å². The van der Waals surface area contributed by atoms with Crippen LogP contribution in [0, 0.1) is 10.1 Å². The first-order valence-corrected chi connectivity index (χ1v) is 8.22. The molecule has 0 spiro atoms. The summed E-state index contributed by atoms with van der Waals surface area (Å²) in [6.45, 7) is 0. The molecule has 0 aliphatic heterocycles. The lowest BCUT2D eigenvalue weighted by Gasteiger charge is -2.12. The molecule has 0 fully saturated rings. The Morgan fingerprint density at radius 1 is 1.00 bits per heavy atom. The highest BCUT2D eigenvalue weighted by atomic mass is 35.5. The van der Waals surface area contributed by atoms with Crippen molar-refractivity contribution in [1.82, 2.24) is 10.9 Å². The Labute approximate surface area is 169 Å². The Kier molecular flexibility index (Phi) is 6.93. The zero-order valence-corrected chi connectivity index (χ0v) is 15.9. The number of hydrogen-bond acceptors (Lipinski definition) is 7. The number of nitro benzene ring substituents is 1. The molecule has 29 heavy (non-hydrogen) atoms.